The first kappa shape index (κ1) is 18.8. The molecule has 26 heavy (non-hydrogen) atoms. The maximum absolute atomic E-state index is 11.3. The Morgan fingerprint density at radius 2 is 2.19 bits per heavy atom. The minimum atomic E-state index is -1.14. The summed E-state index contributed by atoms with van der Waals surface area (Å²) in [5.41, 5.74) is 6.59. The molecule has 142 valence electrons. The van der Waals surface area contributed by atoms with Crippen molar-refractivity contribution in [3.63, 3.8) is 0 Å². The maximum Gasteiger partial charge on any atom is 0.306 e. The van der Waals surface area contributed by atoms with Crippen LogP contribution in [0.1, 0.15) is 19.6 Å². The fraction of sp³-hybridized carbons (Fsp3) is 0.600. The van der Waals surface area contributed by atoms with E-state index in [-0.39, 0.29) is 18.2 Å². The van der Waals surface area contributed by atoms with Crippen LogP contribution < -0.4 is 5.73 Å². The molecule has 10 nitrogen and oxygen atoms in total. The van der Waals surface area contributed by atoms with E-state index in [1.807, 2.05) is 0 Å². The van der Waals surface area contributed by atoms with Gasteiger partial charge in [0.25, 0.3) is 0 Å². The summed E-state index contributed by atoms with van der Waals surface area (Å²) in [4.78, 5) is 23.5. The molecule has 0 saturated carbocycles. The average Bonchev–Trinajstić information content (AvgIpc) is 3.16. The van der Waals surface area contributed by atoms with Crippen molar-refractivity contribution in [2.75, 3.05) is 23.8 Å². The molecule has 4 atom stereocenters. The van der Waals surface area contributed by atoms with Crippen LogP contribution in [0.3, 0.4) is 0 Å². The lowest BCUT2D eigenvalue weighted by Crippen LogP contribution is -2.32. The van der Waals surface area contributed by atoms with Gasteiger partial charge in [0, 0.05) is 11.5 Å². The van der Waals surface area contributed by atoms with Crippen molar-refractivity contribution in [1.82, 2.24) is 19.5 Å². The Labute approximate surface area is 153 Å². The zero-order valence-corrected chi connectivity index (χ0v) is 15.0. The lowest BCUT2D eigenvalue weighted by atomic mass is 10.1. The van der Waals surface area contributed by atoms with Gasteiger partial charge in [0.2, 0.25) is 0 Å². The number of carbonyl (C=O) groups is 1. The van der Waals surface area contributed by atoms with Crippen LogP contribution in [-0.4, -0.2) is 72.1 Å². The van der Waals surface area contributed by atoms with Gasteiger partial charge in [0.05, 0.1) is 25.5 Å². The number of aliphatic hydroxyl groups excluding tert-OH is 2. The van der Waals surface area contributed by atoms with Crippen molar-refractivity contribution >= 4 is 34.7 Å². The Morgan fingerprint density at radius 1 is 1.38 bits per heavy atom. The van der Waals surface area contributed by atoms with Gasteiger partial charge in [0.15, 0.2) is 17.7 Å². The molecule has 1 aliphatic rings. The number of esters is 1. The Bertz CT molecular complexity index is 772. The second kappa shape index (κ2) is 8.16. The highest BCUT2D eigenvalue weighted by Gasteiger charge is 2.44. The number of rotatable bonds is 7. The molecule has 4 N–H and O–H groups in total. The highest BCUT2D eigenvalue weighted by Crippen LogP contribution is 2.33. The Hall–Kier alpha value is -1.95. The van der Waals surface area contributed by atoms with E-state index in [1.165, 1.54) is 29.0 Å². The molecule has 0 amide bonds. The van der Waals surface area contributed by atoms with Crippen LogP contribution in [0.4, 0.5) is 5.82 Å². The Morgan fingerprint density at radius 3 is 2.96 bits per heavy atom. The summed E-state index contributed by atoms with van der Waals surface area (Å²) in [6.45, 7) is 2.11. The van der Waals surface area contributed by atoms with E-state index in [0.717, 1.165) is 0 Å². The summed E-state index contributed by atoms with van der Waals surface area (Å²) in [6.07, 6.45) is -0.580. The third-order valence-corrected chi connectivity index (χ3v) is 5.09. The summed E-state index contributed by atoms with van der Waals surface area (Å²) in [5, 5.41) is 20.6. The summed E-state index contributed by atoms with van der Waals surface area (Å²) >= 11 is 1.45. The van der Waals surface area contributed by atoms with Crippen LogP contribution in [0.5, 0.6) is 0 Å². The van der Waals surface area contributed by atoms with Crippen molar-refractivity contribution < 1.29 is 24.5 Å². The Kier molecular flexibility index (Phi) is 5.91. The number of aromatic nitrogens is 4. The summed E-state index contributed by atoms with van der Waals surface area (Å²) in [6, 6.07) is 0. The van der Waals surface area contributed by atoms with Gasteiger partial charge in [-0.05, 0) is 6.92 Å². The van der Waals surface area contributed by atoms with Gasteiger partial charge in [-0.15, -0.1) is 0 Å². The van der Waals surface area contributed by atoms with Crippen LogP contribution in [-0.2, 0) is 14.3 Å². The number of fused-ring (bicyclic) bond motifs is 1. The van der Waals surface area contributed by atoms with Crippen molar-refractivity contribution in [1.29, 1.82) is 0 Å². The van der Waals surface area contributed by atoms with Crippen LogP contribution >= 0.6 is 11.8 Å². The largest absolute Gasteiger partial charge is 0.466 e. The lowest BCUT2D eigenvalue weighted by molar-refractivity contribution is -0.142. The van der Waals surface area contributed by atoms with Crippen LogP contribution in [0.15, 0.2) is 12.7 Å². The molecule has 0 bridgehead atoms. The molecule has 0 aromatic carbocycles. The normalized spacial score (nSPS) is 25.7. The van der Waals surface area contributed by atoms with Crippen molar-refractivity contribution in [2.24, 2.45) is 0 Å². The van der Waals surface area contributed by atoms with Crippen molar-refractivity contribution in [2.45, 2.75) is 37.9 Å². The summed E-state index contributed by atoms with van der Waals surface area (Å²) < 4.78 is 12.2. The molecule has 1 aliphatic heterocycles. The molecule has 11 heteroatoms. The molecule has 2 aromatic rings. The third-order valence-electron chi connectivity index (χ3n) is 4.04. The number of carbonyl (C=O) groups excluding carboxylic acids is 1. The standard InChI is InChI=1S/C15H21N5O5S/c1-2-24-9(21)3-4-26-5-8-11(22)12(23)15(25-8)20-7-19-10-13(16)17-6-18-14(10)20/h6-8,11-12,15,22-23H,2-5H2,1H3,(H2,16,17,18)/t8-,11+,12-,15-/m1/s1. The SMILES string of the molecule is CCOC(=O)CCSC[C@H]1O[C@@H](n2cnc3c(N)ncnc32)[C@H](O)[C@H]1O. The molecule has 0 spiro atoms. The number of hydrogen-bond acceptors (Lipinski definition) is 10. The molecular weight excluding hydrogens is 362 g/mol. The molecule has 0 aliphatic carbocycles. The number of nitrogens with two attached hydrogens (primary N) is 1. The number of aliphatic hydroxyl groups is 2. The second-order valence-corrected chi connectivity index (χ2v) is 6.91. The van der Waals surface area contributed by atoms with Gasteiger partial charge >= 0.3 is 5.97 Å². The Balaban J connectivity index is 1.62. The number of imidazole rings is 1. The fourth-order valence-corrected chi connectivity index (χ4v) is 3.73. The molecule has 3 heterocycles. The summed E-state index contributed by atoms with van der Waals surface area (Å²) in [7, 11) is 0. The van der Waals surface area contributed by atoms with Crippen LogP contribution in [0, 0.1) is 0 Å². The van der Waals surface area contributed by atoms with E-state index in [0.29, 0.717) is 29.3 Å². The van der Waals surface area contributed by atoms with E-state index in [4.69, 9.17) is 15.2 Å². The van der Waals surface area contributed by atoms with Crippen LogP contribution in [0.2, 0.25) is 0 Å². The number of ether oxygens (including phenoxy) is 2. The van der Waals surface area contributed by atoms with Gasteiger partial charge in [-0.25, -0.2) is 15.0 Å². The first-order valence-electron chi connectivity index (χ1n) is 8.21. The molecule has 0 unspecified atom stereocenters. The van der Waals surface area contributed by atoms with Crippen molar-refractivity contribution in [3.05, 3.63) is 12.7 Å². The summed E-state index contributed by atoms with van der Waals surface area (Å²) in [5.74, 6) is 0.947. The lowest BCUT2D eigenvalue weighted by Gasteiger charge is -2.16. The van der Waals surface area contributed by atoms with Gasteiger partial charge in [0.1, 0.15) is 24.1 Å². The number of nitrogen functional groups attached to an aromatic ring is 1. The van der Waals surface area contributed by atoms with Gasteiger partial charge in [-0.2, -0.15) is 11.8 Å². The fourth-order valence-electron chi connectivity index (χ4n) is 2.74. The minimum absolute atomic E-state index is 0.229. The third kappa shape index (κ3) is 3.75. The molecule has 0 radical (unpaired) electrons. The topological polar surface area (TPSA) is 146 Å². The predicted octanol–water partition coefficient (Wildman–Crippen LogP) is -0.286. The molecule has 1 fully saturated rings. The first-order chi connectivity index (χ1) is 12.5. The highest BCUT2D eigenvalue weighted by molar-refractivity contribution is 7.99. The minimum Gasteiger partial charge on any atom is -0.466 e. The van der Waals surface area contributed by atoms with E-state index in [2.05, 4.69) is 15.0 Å². The zero-order valence-electron chi connectivity index (χ0n) is 14.2. The van der Waals surface area contributed by atoms with E-state index in [9.17, 15) is 15.0 Å². The van der Waals surface area contributed by atoms with E-state index < -0.39 is 24.5 Å². The molecule has 2 aromatic heterocycles. The molecule has 1 saturated heterocycles. The molecule has 3 rings (SSSR count). The zero-order chi connectivity index (χ0) is 18.7. The maximum atomic E-state index is 11.3. The highest BCUT2D eigenvalue weighted by atomic mass is 32.2. The smallest absolute Gasteiger partial charge is 0.306 e. The number of thioether (sulfide) groups is 1. The quantitative estimate of drug-likeness (QED) is 0.431. The van der Waals surface area contributed by atoms with Gasteiger partial charge in [-0.1, -0.05) is 0 Å². The van der Waals surface area contributed by atoms with E-state index >= 15 is 0 Å². The van der Waals surface area contributed by atoms with Crippen molar-refractivity contribution in [3.8, 4) is 0 Å². The predicted molar refractivity (Wildman–Crippen MR) is 94.2 cm³/mol. The second-order valence-electron chi connectivity index (χ2n) is 5.76. The van der Waals surface area contributed by atoms with E-state index in [1.54, 1.807) is 6.92 Å². The van der Waals surface area contributed by atoms with Gasteiger partial charge in [-0.3, -0.25) is 9.36 Å². The van der Waals surface area contributed by atoms with Crippen LogP contribution in [0.25, 0.3) is 11.2 Å². The average molecular weight is 383 g/mol. The first-order valence-corrected chi connectivity index (χ1v) is 9.36. The number of hydrogen-bond donors (Lipinski definition) is 3. The number of anilines is 1. The number of nitrogens with zero attached hydrogens (tertiary/aromatic N) is 4. The molecular formula is C15H21N5O5S. The monoisotopic (exact) mass is 383 g/mol. The van der Waals surface area contributed by atoms with Gasteiger partial charge < -0.3 is 25.4 Å².